The Bertz CT molecular complexity index is 690. The first-order valence-corrected chi connectivity index (χ1v) is 8.19. The average molecular weight is 315 g/mol. The van der Waals surface area contributed by atoms with E-state index in [2.05, 4.69) is 16.8 Å². The zero-order valence-electron chi connectivity index (χ0n) is 12.0. The summed E-state index contributed by atoms with van der Waals surface area (Å²) >= 11 is 1.73. The molecular formula is C17H17NO3S. The van der Waals surface area contributed by atoms with Crippen LogP contribution < -0.4 is 5.32 Å². The molecule has 0 fully saturated rings. The molecule has 5 heteroatoms. The van der Waals surface area contributed by atoms with Gasteiger partial charge in [0.1, 0.15) is 0 Å². The predicted octanol–water partition coefficient (Wildman–Crippen LogP) is 3.18. The highest BCUT2D eigenvalue weighted by atomic mass is 32.1. The maximum absolute atomic E-state index is 12.4. The van der Waals surface area contributed by atoms with Gasteiger partial charge in [-0.05, 0) is 54.0 Å². The van der Waals surface area contributed by atoms with Gasteiger partial charge in [0.25, 0.3) is 0 Å². The first kappa shape index (κ1) is 14.8. The minimum Gasteiger partial charge on any atom is -0.478 e. The van der Waals surface area contributed by atoms with Gasteiger partial charge < -0.3 is 10.4 Å². The molecule has 2 N–H and O–H groups in total. The van der Waals surface area contributed by atoms with Crippen LogP contribution in [-0.4, -0.2) is 17.0 Å². The van der Waals surface area contributed by atoms with Crippen molar-refractivity contribution in [1.29, 1.82) is 0 Å². The molecule has 22 heavy (non-hydrogen) atoms. The smallest absolute Gasteiger partial charge is 0.335 e. The molecule has 1 amide bonds. The van der Waals surface area contributed by atoms with Crippen molar-refractivity contribution < 1.29 is 14.7 Å². The fraction of sp³-hybridized carbons (Fsp3) is 0.294. The Labute approximate surface area is 132 Å². The summed E-state index contributed by atoms with van der Waals surface area (Å²) in [7, 11) is 0. The van der Waals surface area contributed by atoms with E-state index in [0.717, 1.165) is 24.8 Å². The standard InChI is InChI=1S/C17H17NO3S/c19-16(14-2-1-3-15-13(14)8-9-22-15)18-10-11-4-6-12(7-5-11)17(20)21/h4-9,14H,1-3,10H2,(H,18,19)(H,20,21). The van der Waals surface area contributed by atoms with Crippen LogP contribution in [0.1, 0.15) is 45.1 Å². The van der Waals surface area contributed by atoms with Crippen molar-refractivity contribution in [3.05, 3.63) is 57.3 Å². The third-order valence-corrected chi connectivity index (χ3v) is 5.03. The Balaban J connectivity index is 1.62. The Morgan fingerprint density at radius 3 is 2.73 bits per heavy atom. The van der Waals surface area contributed by atoms with Crippen molar-refractivity contribution in [1.82, 2.24) is 5.32 Å². The molecule has 1 unspecified atom stereocenters. The minimum absolute atomic E-state index is 0.0479. The van der Waals surface area contributed by atoms with Gasteiger partial charge in [0.05, 0.1) is 11.5 Å². The zero-order chi connectivity index (χ0) is 15.5. The van der Waals surface area contributed by atoms with E-state index in [1.54, 1.807) is 35.6 Å². The Kier molecular flexibility index (Phi) is 4.24. The Hall–Kier alpha value is -2.14. The number of amides is 1. The summed E-state index contributed by atoms with van der Waals surface area (Å²) in [6.45, 7) is 0.425. The second-order valence-corrected chi connectivity index (χ2v) is 6.46. The normalized spacial score (nSPS) is 16.8. The minimum atomic E-state index is -0.942. The number of rotatable bonds is 4. The number of fused-ring (bicyclic) bond motifs is 1. The van der Waals surface area contributed by atoms with Gasteiger partial charge in [0.15, 0.2) is 0 Å². The molecule has 1 aliphatic carbocycles. The fourth-order valence-electron chi connectivity index (χ4n) is 2.84. The molecule has 2 aromatic rings. The van der Waals surface area contributed by atoms with Crippen LogP contribution in [-0.2, 0) is 17.8 Å². The van der Waals surface area contributed by atoms with E-state index in [-0.39, 0.29) is 17.4 Å². The van der Waals surface area contributed by atoms with Crippen molar-refractivity contribution in [2.24, 2.45) is 0 Å². The molecule has 1 heterocycles. The second kappa shape index (κ2) is 6.32. The number of hydrogen-bond acceptors (Lipinski definition) is 3. The SMILES string of the molecule is O=C(O)c1ccc(CNC(=O)C2CCCc3sccc32)cc1. The van der Waals surface area contributed by atoms with Gasteiger partial charge in [-0.2, -0.15) is 0 Å². The van der Waals surface area contributed by atoms with Crippen molar-refractivity contribution in [3.63, 3.8) is 0 Å². The molecule has 0 saturated heterocycles. The summed E-state index contributed by atoms with van der Waals surface area (Å²) in [4.78, 5) is 24.5. The van der Waals surface area contributed by atoms with Gasteiger partial charge >= 0.3 is 5.97 Å². The lowest BCUT2D eigenvalue weighted by Gasteiger charge is -2.21. The first-order valence-electron chi connectivity index (χ1n) is 7.31. The van der Waals surface area contributed by atoms with Crippen molar-refractivity contribution in [2.75, 3.05) is 0 Å². The molecule has 0 radical (unpaired) electrons. The highest BCUT2D eigenvalue weighted by Gasteiger charge is 2.26. The Morgan fingerprint density at radius 2 is 2.00 bits per heavy atom. The quantitative estimate of drug-likeness (QED) is 0.910. The van der Waals surface area contributed by atoms with Gasteiger partial charge in [0, 0.05) is 11.4 Å². The lowest BCUT2D eigenvalue weighted by Crippen LogP contribution is -2.30. The summed E-state index contributed by atoms with van der Waals surface area (Å²) in [5, 5.41) is 13.9. The molecule has 1 aliphatic rings. The van der Waals surface area contributed by atoms with Crippen LogP contribution in [0.3, 0.4) is 0 Å². The average Bonchev–Trinajstić information content (AvgIpc) is 3.01. The number of benzene rings is 1. The maximum Gasteiger partial charge on any atom is 0.335 e. The number of aromatic carboxylic acids is 1. The number of hydrogen-bond donors (Lipinski definition) is 2. The van der Waals surface area contributed by atoms with E-state index in [9.17, 15) is 9.59 Å². The molecule has 0 saturated carbocycles. The molecule has 114 valence electrons. The number of thiophene rings is 1. The number of nitrogens with one attached hydrogen (secondary N) is 1. The van der Waals surface area contributed by atoms with Crippen LogP contribution in [0.4, 0.5) is 0 Å². The first-order chi connectivity index (χ1) is 10.6. The van der Waals surface area contributed by atoms with Crippen molar-refractivity contribution in [3.8, 4) is 0 Å². The predicted molar refractivity (Wildman–Crippen MR) is 85.2 cm³/mol. The van der Waals surface area contributed by atoms with Gasteiger partial charge in [-0.1, -0.05) is 12.1 Å². The summed E-state index contributed by atoms with van der Waals surface area (Å²) in [5.74, 6) is -0.933. The summed E-state index contributed by atoms with van der Waals surface area (Å²) in [6, 6.07) is 8.65. The van der Waals surface area contributed by atoms with Crippen LogP contribution in [0.5, 0.6) is 0 Å². The monoisotopic (exact) mass is 315 g/mol. The van der Waals surface area contributed by atoms with Gasteiger partial charge in [-0.15, -0.1) is 11.3 Å². The van der Waals surface area contributed by atoms with E-state index in [0.29, 0.717) is 6.54 Å². The number of carboxylic acid groups (broad SMARTS) is 1. The molecule has 0 spiro atoms. The highest BCUT2D eigenvalue weighted by molar-refractivity contribution is 7.10. The van der Waals surface area contributed by atoms with E-state index in [1.807, 2.05) is 0 Å². The topological polar surface area (TPSA) is 66.4 Å². The number of carboxylic acids is 1. The molecule has 0 aliphatic heterocycles. The lowest BCUT2D eigenvalue weighted by molar-refractivity contribution is -0.123. The zero-order valence-corrected chi connectivity index (χ0v) is 12.9. The molecule has 1 atom stereocenters. The summed E-state index contributed by atoms with van der Waals surface area (Å²) in [6.07, 6.45) is 3.03. The summed E-state index contributed by atoms with van der Waals surface area (Å²) in [5.41, 5.74) is 2.33. The molecule has 1 aromatic carbocycles. The lowest BCUT2D eigenvalue weighted by atomic mass is 9.87. The fourth-order valence-corrected chi connectivity index (χ4v) is 3.82. The van der Waals surface area contributed by atoms with Gasteiger partial charge in [-0.3, -0.25) is 4.79 Å². The van der Waals surface area contributed by atoms with Gasteiger partial charge in [-0.25, -0.2) is 4.79 Å². The molecule has 4 nitrogen and oxygen atoms in total. The third kappa shape index (κ3) is 3.04. The van der Waals surface area contributed by atoms with E-state index in [1.165, 1.54) is 10.4 Å². The van der Waals surface area contributed by atoms with Crippen molar-refractivity contribution >= 4 is 23.2 Å². The molecular weight excluding hydrogens is 298 g/mol. The highest BCUT2D eigenvalue weighted by Crippen LogP contribution is 2.35. The third-order valence-electron chi connectivity index (χ3n) is 4.04. The number of aryl methyl sites for hydroxylation is 1. The van der Waals surface area contributed by atoms with Crippen LogP contribution in [0.15, 0.2) is 35.7 Å². The molecule has 1 aromatic heterocycles. The van der Waals surface area contributed by atoms with Crippen LogP contribution in [0.25, 0.3) is 0 Å². The molecule has 0 bridgehead atoms. The van der Waals surface area contributed by atoms with Crippen molar-refractivity contribution in [2.45, 2.75) is 31.7 Å². The largest absolute Gasteiger partial charge is 0.478 e. The molecule has 3 rings (SSSR count). The summed E-state index contributed by atoms with van der Waals surface area (Å²) < 4.78 is 0. The number of carbonyl (C=O) groups is 2. The second-order valence-electron chi connectivity index (χ2n) is 5.46. The number of carbonyl (C=O) groups excluding carboxylic acids is 1. The maximum atomic E-state index is 12.4. The van der Waals surface area contributed by atoms with Crippen LogP contribution >= 0.6 is 11.3 Å². The van der Waals surface area contributed by atoms with E-state index in [4.69, 9.17) is 5.11 Å². The van der Waals surface area contributed by atoms with E-state index < -0.39 is 5.97 Å². The van der Waals surface area contributed by atoms with Gasteiger partial charge in [0.2, 0.25) is 5.91 Å². The van der Waals surface area contributed by atoms with Crippen LogP contribution in [0.2, 0.25) is 0 Å². The van der Waals surface area contributed by atoms with E-state index >= 15 is 0 Å². The van der Waals surface area contributed by atoms with Crippen LogP contribution in [0, 0.1) is 0 Å². The Morgan fingerprint density at radius 1 is 1.23 bits per heavy atom.